The fourth-order valence-electron chi connectivity index (χ4n) is 4.32. The van der Waals surface area contributed by atoms with Crippen LogP contribution in [0.25, 0.3) is 17.3 Å². The maximum absolute atomic E-state index is 11.8. The van der Waals surface area contributed by atoms with Gasteiger partial charge in [0, 0.05) is 29.7 Å². The predicted octanol–water partition coefficient (Wildman–Crippen LogP) is 4.68. The molecule has 35 heavy (non-hydrogen) atoms. The van der Waals surface area contributed by atoms with Gasteiger partial charge in [-0.1, -0.05) is 6.07 Å². The van der Waals surface area contributed by atoms with E-state index < -0.39 is 0 Å². The number of carbonyl (C=O) groups is 2. The number of thioether (sulfide) groups is 1. The number of nitrogens with one attached hydrogen (secondary N) is 3. The number of hydrogen-bond acceptors (Lipinski definition) is 9. The van der Waals surface area contributed by atoms with Crippen molar-refractivity contribution >= 4 is 46.3 Å². The first-order valence-corrected chi connectivity index (χ1v) is 13.4. The van der Waals surface area contributed by atoms with Crippen LogP contribution < -0.4 is 16.0 Å². The number of carbonyl (C=O) groups excluding carboxylic acids is 2. The van der Waals surface area contributed by atoms with Gasteiger partial charge in [-0.15, -0.1) is 0 Å². The summed E-state index contributed by atoms with van der Waals surface area (Å²) in [6, 6.07) is 10.4. The summed E-state index contributed by atoms with van der Waals surface area (Å²) in [5, 5.41) is 13.1. The topological polar surface area (TPSA) is 109 Å². The highest BCUT2D eigenvalue weighted by molar-refractivity contribution is 8.18. The second-order valence-corrected chi connectivity index (χ2v) is 10.5. The van der Waals surface area contributed by atoms with Gasteiger partial charge >= 0.3 is 0 Å². The van der Waals surface area contributed by atoms with E-state index in [4.69, 9.17) is 4.98 Å². The molecule has 0 atom stereocenters. The number of rotatable bonds is 8. The highest BCUT2D eigenvalue weighted by atomic mass is 32.2. The lowest BCUT2D eigenvalue weighted by molar-refractivity contribution is -0.115. The van der Waals surface area contributed by atoms with Crippen LogP contribution in [0.15, 0.2) is 52.2 Å². The van der Waals surface area contributed by atoms with Gasteiger partial charge in [-0.05, 0) is 85.6 Å². The molecule has 0 aromatic carbocycles. The summed E-state index contributed by atoms with van der Waals surface area (Å²) in [6.07, 6.45) is 7.66. The summed E-state index contributed by atoms with van der Waals surface area (Å²) in [5.41, 5.74) is 3.86. The van der Waals surface area contributed by atoms with Crippen molar-refractivity contribution in [2.24, 2.45) is 5.92 Å². The number of thiophene rings is 1. The summed E-state index contributed by atoms with van der Waals surface area (Å²) in [4.78, 5) is 37.0. The maximum Gasteiger partial charge on any atom is 0.290 e. The monoisotopic (exact) mass is 506 g/mol. The molecular weight excluding hydrogens is 480 g/mol. The molecule has 2 amide bonds. The zero-order valence-electron chi connectivity index (χ0n) is 19.1. The Kier molecular flexibility index (Phi) is 7.51. The van der Waals surface area contributed by atoms with Crippen LogP contribution in [0.2, 0.25) is 0 Å². The molecule has 3 N–H and O–H groups in total. The van der Waals surface area contributed by atoms with Crippen molar-refractivity contribution in [2.75, 3.05) is 11.9 Å². The molecule has 0 unspecified atom stereocenters. The molecule has 0 bridgehead atoms. The van der Waals surface area contributed by atoms with Gasteiger partial charge in [0.25, 0.3) is 11.1 Å². The molecule has 1 saturated heterocycles. The second kappa shape index (κ2) is 11.1. The van der Waals surface area contributed by atoms with Crippen LogP contribution in [0.4, 0.5) is 10.7 Å². The Morgan fingerprint density at radius 3 is 2.74 bits per heavy atom. The van der Waals surface area contributed by atoms with Gasteiger partial charge in [0.1, 0.15) is 0 Å². The lowest BCUT2D eigenvalue weighted by Gasteiger charge is -2.29. The Hall–Kier alpha value is -3.08. The van der Waals surface area contributed by atoms with Crippen LogP contribution >= 0.6 is 23.1 Å². The molecule has 4 heterocycles. The first-order chi connectivity index (χ1) is 17.1. The van der Waals surface area contributed by atoms with Crippen LogP contribution in [0.5, 0.6) is 0 Å². The van der Waals surface area contributed by atoms with Crippen molar-refractivity contribution in [3.63, 3.8) is 0 Å². The van der Waals surface area contributed by atoms with Crippen LogP contribution in [-0.4, -0.2) is 38.7 Å². The van der Waals surface area contributed by atoms with Gasteiger partial charge in [-0.3, -0.25) is 19.9 Å². The summed E-state index contributed by atoms with van der Waals surface area (Å²) in [5.74, 6) is 0.804. The van der Waals surface area contributed by atoms with Crippen LogP contribution in [-0.2, 0) is 11.3 Å². The third kappa shape index (κ3) is 6.33. The fraction of sp³-hybridized carbons (Fsp3) is 0.320. The third-order valence-electron chi connectivity index (χ3n) is 6.14. The normalized spacial score (nSPS) is 21.3. The van der Waals surface area contributed by atoms with Gasteiger partial charge in [0.2, 0.25) is 5.95 Å². The molecular formula is C25H26N6O2S2. The number of hydrogen-bond donors (Lipinski definition) is 3. The molecule has 0 spiro atoms. The van der Waals surface area contributed by atoms with E-state index in [-0.39, 0.29) is 11.1 Å². The van der Waals surface area contributed by atoms with Crippen molar-refractivity contribution in [1.82, 2.24) is 25.6 Å². The quantitative estimate of drug-likeness (QED) is 0.378. The molecule has 3 aromatic heterocycles. The standard InChI is InChI=1S/C25H26N6O2S2/c32-23-22(35-25(33)31-23)12-19-8-10-27-24(30-19)29-18-6-4-16(5-7-18)13-26-14-20-2-1-3-21(28-20)17-9-11-34-15-17/h1-3,8-12,15-16,18,26H,4-7,13-14H2,(H,27,29,30)(H,31,32,33)/b22-12+. The number of aromatic nitrogens is 3. The molecule has 2 aliphatic rings. The van der Waals surface area contributed by atoms with E-state index in [1.54, 1.807) is 29.7 Å². The minimum Gasteiger partial charge on any atom is -0.351 e. The van der Waals surface area contributed by atoms with Crippen LogP contribution in [0.3, 0.4) is 0 Å². The van der Waals surface area contributed by atoms with Gasteiger partial charge in [0.05, 0.1) is 22.0 Å². The maximum atomic E-state index is 11.8. The minimum atomic E-state index is -0.383. The highest BCUT2D eigenvalue weighted by Crippen LogP contribution is 2.27. The molecule has 3 aromatic rings. The van der Waals surface area contributed by atoms with Gasteiger partial charge < -0.3 is 10.6 Å². The van der Waals surface area contributed by atoms with Gasteiger partial charge in [0.15, 0.2) is 0 Å². The summed E-state index contributed by atoms with van der Waals surface area (Å²) in [6.45, 7) is 1.75. The van der Waals surface area contributed by atoms with E-state index in [2.05, 4.69) is 60.9 Å². The molecule has 1 aliphatic heterocycles. The number of amides is 2. The third-order valence-corrected chi connectivity index (χ3v) is 7.63. The Morgan fingerprint density at radius 2 is 1.97 bits per heavy atom. The predicted molar refractivity (Wildman–Crippen MR) is 140 cm³/mol. The number of anilines is 1. The van der Waals surface area contributed by atoms with Crippen molar-refractivity contribution in [3.05, 3.63) is 63.6 Å². The van der Waals surface area contributed by atoms with E-state index in [0.29, 0.717) is 28.5 Å². The van der Waals surface area contributed by atoms with E-state index in [1.165, 1.54) is 5.56 Å². The Morgan fingerprint density at radius 1 is 1.09 bits per heavy atom. The molecule has 0 radical (unpaired) electrons. The second-order valence-electron chi connectivity index (χ2n) is 8.68. The summed E-state index contributed by atoms with van der Waals surface area (Å²) >= 11 is 2.57. The Labute approximate surface area is 212 Å². The molecule has 5 rings (SSSR count). The Bertz CT molecular complexity index is 1220. The minimum absolute atomic E-state index is 0.323. The molecule has 180 valence electrons. The fourth-order valence-corrected chi connectivity index (χ4v) is 5.64. The summed E-state index contributed by atoms with van der Waals surface area (Å²) < 4.78 is 0. The molecule has 1 saturated carbocycles. The number of nitrogens with zero attached hydrogens (tertiary/aromatic N) is 3. The lowest BCUT2D eigenvalue weighted by atomic mass is 9.86. The zero-order chi connectivity index (χ0) is 24.0. The average Bonchev–Trinajstić information content (AvgIpc) is 3.51. The van der Waals surface area contributed by atoms with Crippen molar-refractivity contribution in [1.29, 1.82) is 0 Å². The SMILES string of the molecule is O=C1NC(=O)/C(=C\c2ccnc(NC3CCC(CNCc4cccc(-c5ccsc5)n4)CC3)n2)S1. The highest BCUT2D eigenvalue weighted by Gasteiger charge is 2.25. The zero-order valence-corrected chi connectivity index (χ0v) is 20.7. The van der Waals surface area contributed by atoms with E-state index >= 15 is 0 Å². The molecule has 8 nitrogen and oxygen atoms in total. The van der Waals surface area contributed by atoms with Crippen molar-refractivity contribution in [2.45, 2.75) is 38.3 Å². The molecule has 10 heteroatoms. The van der Waals surface area contributed by atoms with Crippen molar-refractivity contribution < 1.29 is 9.59 Å². The van der Waals surface area contributed by atoms with Crippen molar-refractivity contribution in [3.8, 4) is 11.3 Å². The molecule has 2 fully saturated rings. The Balaban J connectivity index is 1.07. The smallest absolute Gasteiger partial charge is 0.290 e. The largest absolute Gasteiger partial charge is 0.351 e. The van der Waals surface area contributed by atoms with Crippen LogP contribution in [0, 0.1) is 5.92 Å². The first kappa shape index (κ1) is 23.7. The lowest BCUT2D eigenvalue weighted by Crippen LogP contribution is -2.31. The van der Waals surface area contributed by atoms with E-state index in [9.17, 15) is 9.59 Å². The summed E-state index contributed by atoms with van der Waals surface area (Å²) in [7, 11) is 0. The molecule has 1 aliphatic carbocycles. The van der Waals surface area contributed by atoms with Crippen LogP contribution in [0.1, 0.15) is 37.1 Å². The van der Waals surface area contributed by atoms with E-state index in [0.717, 1.165) is 61.9 Å². The number of pyridine rings is 1. The van der Waals surface area contributed by atoms with Gasteiger partial charge in [-0.2, -0.15) is 11.3 Å². The van der Waals surface area contributed by atoms with Gasteiger partial charge in [-0.25, -0.2) is 9.97 Å². The first-order valence-electron chi connectivity index (χ1n) is 11.7. The number of imide groups is 1. The van der Waals surface area contributed by atoms with E-state index in [1.807, 2.05) is 0 Å². The average molecular weight is 507 g/mol.